The van der Waals surface area contributed by atoms with Crippen molar-refractivity contribution in [2.75, 3.05) is 0 Å². The highest BCUT2D eigenvalue weighted by atomic mass is 32.2. The SMILES string of the molecule is NS(=O)c1ccc(Cc2c(-c3ccc(F)c(/C=C/C4CCCC4)c3)nn(-c3nc(C(=O)O)cs3)c2CC2CC2)cc1F. The van der Waals surface area contributed by atoms with E-state index in [9.17, 15) is 22.9 Å². The van der Waals surface area contributed by atoms with Crippen LogP contribution in [0.15, 0.2) is 52.7 Å². The van der Waals surface area contributed by atoms with Gasteiger partial charge in [0.1, 0.15) is 22.6 Å². The van der Waals surface area contributed by atoms with Gasteiger partial charge in [0, 0.05) is 28.5 Å². The lowest BCUT2D eigenvalue weighted by molar-refractivity contribution is 0.0691. The van der Waals surface area contributed by atoms with Crippen molar-refractivity contribution in [2.45, 2.75) is 56.3 Å². The number of allylic oxidation sites excluding steroid dienone is 1. The van der Waals surface area contributed by atoms with Crippen LogP contribution < -0.4 is 5.14 Å². The molecule has 1 atom stereocenters. The van der Waals surface area contributed by atoms with Gasteiger partial charge in [0.2, 0.25) is 5.13 Å². The van der Waals surface area contributed by atoms with E-state index in [1.54, 1.807) is 22.9 Å². The molecule has 0 aliphatic heterocycles. The summed E-state index contributed by atoms with van der Waals surface area (Å²) in [5, 5.41) is 21.7. The van der Waals surface area contributed by atoms with E-state index in [-0.39, 0.29) is 16.4 Å². The second-order valence-electron chi connectivity index (χ2n) is 11.0. The number of aromatic nitrogens is 3. The zero-order chi connectivity index (χ0) is 29.4. The van der Waals surface area contributed by atoms with Crippen LogP contribution in [0.4, 0.5) is 8.78 Å². The number of carboxylic acid groups (broad SMARTS) is 1. The third kappa shape index (κ3) is 6.13. The number of hydrogen-bond donors (Lipinski definition) is 2. The quantitative estimate of drug-likeness (QED) is 0.208. The maximum absolute atomic E-state index is 14.9. The summed E-state index contributed by atoms with van der Waals surface area (Å²) >= 11 is 1.18. The van der Waals surface area contributed by atoms with Crippen LogP contribution in [0, 0.1) is 23.5 Å². The van der Waals surface area contributed by atoms with Gasteiger partial charge in [0.15, 0.2) is 5.69 Å². The lowest BCUT2D eigenvalue weighted by Gasteiger charge is -2.10. The molecule has 2 aromatic heterocycles. The topological polar surface area (TPSA) is 111 Å². The first-order valence-electron chi connectivity index (χ1n) is 14.0. The first-order valence-corrected chi connectivity index (χ1v) is 16.1. The summed E-state index contributed by atoms with van der Waals surface area (Å²) in [5.74, 6) is -1.22. The predicted octanol–water partition coefficient (Wildman–Crippen LogP) is 6.70. The molecule has 2 saturated carbocycles. The van der Waals surface area contributed by atoms with Crippen molar-refractivity contribution in [1.82, 2.24) is 14.8 Å². The van der Waals surface area contributed by atoms with Crippen molar-refractivity contribution in [3.05, 3.63) is 87.6 Å². The highest BCUT2D eigenvalue weighted by molar-refractivity contribution is 7.82. The number of hydrogen-bond acceptors (Lipinski definition) is 5. The van der Waals surface area contributed by atoms with Gasteiger partial charge in [-0.05, 0) is 79.8 Å². The van der Waals surface area contributed by atoms with Crippen LogP contribution in [0.25, 0.3) is 22.5 Å². The summed E-state index contributed by atoms with van der Waals surface area (Å²) in [6.07, 6.45) is 11.6. The normalized spacial score (nSPS) is 16.5. The van der Waals surface area contributed by atoms with Crippen LogP contribution >= 0.6 is 11.3 Å². The van der Waals surface area contributed by atoms with E-state index < -0.39 is 22.8 Å². The van der Waals surface area contributed by atoms with Crippen LogP contribution in [0.1, 0.15) is 71.4 Å². The minimum Gasteiger partial charge on any atom is -0.476 e. The molecule has 7 nitrogen and oxygen atoms in total. The van der Waals surface area contributed by atoms with Gasteiger partial charge in [-0.3, -0.25) is 0 Å². The van der Waals surface area contributed by atoms with E-state index in [0.717, 1.165) is 36.9 Å². The summed E-state index contributed by atoms with van der Waals surface area (Å²) in [7, 11) is -1.95. The van der Waals surface area contributed by atoms with Crippen molar-refractivity contribution >= 4 is 34.4 Å². The average Bonchev–Trinajstić information content (AvgIpc) is 3.30. The zero-order valence-electron chi connectivity index (χ0n) is 22.8. The first kappa shape index (κ1) is 28.6. The van der Waals surface area contributed by atoms with E-state index in [4.69, 9.17) is 10.2 Å². The number of rotatable bonds is 10. The van der Waals surface area contributed by atoms with E-state index in [0.29, 0.717) is 52.2 Å². The van der Waals surface area contributed by atoms with Crippen molar-refractivity contribution < 1.29 is 22.9 Å². The predicted molar refractivity (Wildman–Crippen MR) is 159 cm³/mol. The molecule has 0 bridgehead atoms. The first-order chi connectivity index (χ1) is 20.3. The number of halogens is 2. The standard InChI is InChI=1S/C31H30F2N4O3S2/c32-24-11-10-22(16-21(24)9-7-18-3-1-2-4-18)29-23(13-20-8-12-28(42(34)40)25(33)14-20)27(15-19-5-6-19)37(36-29)31-35-26(17-41-31)30(38)39/h7-12,14,16-19H,1-6,13,15,34H2,(H,38,39)/b9-7+. The van der Waals surface area contributed by atoms with Crippen LogP contribution in [0.3, 0.4) is 0 Å². The van der Waals surface area contributed by atoms with Crippen molar-refractivity contribution in [1.29, 1.82) is 0 Å². The number of aromatic carboxylic acids is 1. The molecule has 2 heterocycles. The highest BCUT2D eigenvalue weighted by Gasteiger charge is 2.29. The largest absolute Gasteiger partial charge is 0.476 e. The van der Waals surface area contributed by atoms with Crippen molar-refractivity contribution in [3.8, 4) is 16.4 Å². The second kappa shape index (κ2) is 12.0. The van der Waals surface area contributed by atoms with Crippen LogP contribution in [0.5, 0.6) is 0 Å². The monoisotopic (exact) mass is 608 g/mol. The van der Waals surface area contributed by atoms with Crippen molar-refractivity contribution in [3.63, 3.8) is 0 Å². The molecule has 3 N–H and O–H groups in total. The van der Waals surface area contributed by atoms with Crippen LogP contribution in [-0.2, 0) is 23.8 Å². The molecule has 0 radical (unpaired) electrons. The van der Waals surface area contributed by atoms with Gasteiger partial charge in [-0.25, -0.2) is 32.6 Å². The van der Waals surface area contributed by atoms with Crippen LogP contribution in [-0.4, -0.2) is 30.0 Å². The average molecular weight is 609 g/mol. The smallest absolute Gasteiger partial charge is 0.355 e. The summed E-state index contributed by atoms with van der Waals surface area (Å²) in [4.78, 5) is 15.8. The van der Waals surface area contributed by atoms with Gasteiger partial charge in [-0.15, -0.1) is 11.3 Å². The Labute approximate surface area is 248 Å². The maximum Gasteiger partial charge on any atom is 0.355 e. The second-order valence-corrected chi connectivity index (χ2v) is 12.9. The molecule has 11 heteroatoms. The summed E-state index contributed by atoms with van der Waals surface area (Å²) in [6.45, 7) is 0. The molecule has 0 spiro atoms. The fourth-order valence-electron chi connectivity index (χ4n) is 5.56. The van der Waals surface area contributed by atoms with Gasteiger partial charge in [-0.1, -0.05) is 31.1 Å². The fourth-order valence-corrected chi connectivity index (χ4v) is 6.78. The fraction of sp³-hybridized carbons (Fsp3) is 0.323. The number of benzene rings is 2. The Morgan fingerprint density at radius 3 is 2.57 bits per heavy atom. The highest BCUT2D eigenvalue weighted by Crippen LogP contribution is 2.38. The molecule has 2 aliphatic carbocycles. The molecule has 1 unspecified atom stereocenters. The molecule has 0 amide bonds. The Kier molecular flexibility index (Phi) is 8.15. The van der Waals surface area contributed by atoms with E-state index in [2.05, 4.69) is 11.1 Å². The third-order valence-corrected chi connectivity index (χ3v) is 9.55. The number of carbonyl (C=O) groups is 1. The molecule has 2 aliphatic rings. The molecule has 2 fully saturated rings. The Balaban J connectivity index is 1.48. The minimum atomic E-state index is -1.95. The molecule has 2 aromatic carbocycles. The van der Waals surface area contributed by atoms with Crippen LogP contribution in [0.2, 0.25) is 0 Å². The molecule has 6 rings (SSSR count). The number of thiazole rings is 1. The lowest BCUT2D eigenvalue weighted by atomic mass is 9.95. The number of nitrogens with zero attached hydrogens (tertiary/aromatic N) is 3. The molecule has 42 heavy (non-hydrogen) atoms. The minimum absolute atomic E-state index is 0.0699. The Hall–Kier alpha value is -3.54. The van der Waals surface area contributed by atoms with Gasteiger partial charge < -0.3 is 5.11 Å². The maximum atomic E-state index is 14.9. The van der Waals surface area contributed by atoms with Gasteiger partial charge >= 0.3 is 5.97 Å². The molecular formula is C31H30F2N4O3S2. The molecule has 0 saturated heterocycles. The third-order valence-electron chi connectivity index (χ3n) is 7.97. The molecule has 4 aromatic rings. The van der Waals surface area contributed by atoms with Crippen molar-refractivity contribution in [2.24, 2.45) is 17.0 Å². The van der Waals surface area contributed by atoms with E-state index in [1.807, 2.05) is 6.08 Å². The van der Waals surface area contributed by atoms with Gasteiger partial charge in [-0.2, -0.15) is 5.10 Å². The Morgan fingerprint density at radius 2 is 1.90 bits per heavy atom. The van der Waals surface area contributed by atoms with E-state index >= 15 is 0 Å². The Morgan fingerprint density at radius 1 is 1.12 bits per heavy atom. The number of nitrogens with two attached hydrogens (primary N) is 1. The summed E-state index contributed by atoms with van der Waals surface area (Å²) < 4.78 is 43.2. The van der Waals surface area contributed by atoms with E-state index in [1.165, 1.54) is 47.8 Å². The summed E-state index contributed by atoms with van der Waals surface area (Å²) in [5.41, 5.74) is 4.01. The van der Waals surface area contributed by atoms with Gasteiger partial charge in [0.25, 0.3) is 0 Å². The van der Waals surface area contributed by atoms with Gasteiger partial charge in [0.05, 0.1) is 16.3 Å². The molecule has 218 valence electrons. The zero-order valence-corrected chi connectivity index (χ0v) is 24.4. The number of carboxylic acids is 1. The Bertz CT molecular complexity index is 1700. The summed E-state index contributed by atoms with van der Waals surface area (Å²) in [6, 6.07) is 9.35. The molecular weight excluding hydrogens is 578 g/mol. The lowest BCUT2D eigenvalue weighted by Crippen LogP contribution is -2.07.